The maximum Gasteiger partial charge on any atom is 0.254 e. The van der Waals surface area contributed by atoms with Gasteiger partial charge in [-0.05, 0) is 19.1 Å². The first-order valence-electron chi connectivity index (χ1n) is 3.09. The van der Waals surface area contributed by atoms with Crippen molar-refractivity contribution in [2.24, 2.45) is 0 Å². The number of hydrogen-bond acceptors (Lipinski definition) is 2. The maximum atomic E-state index is 11.3. The highest BCUT2D eigenvalue weighted by Gasteiger charge is 2.32. The van der Waals surface area contributed by atoms with Gasteiger partial charge in [0.05, 0.1) is 4.88 Å². The Hall–Kier alpha value is 0.240. The van der Waals surface area contributed by atoms with Gasteiger partial charge in [0.25, 0.3) is 3.79 Å². The van der Waals surface area contributed by atoms with Crippen molar-refractivity contribution in [2.45, 2.75) is 10.7 Å². The summed E-state index contributed by atoms with van der Waals surface area (Å²) >= 11 is 17.6. The zero-order chi connectivity index (χ0) is 9.35. The monoisotopic (exact) mass is 242 g/mol. The number of hydrogen-bond donors (Lipinski definition) is 0. The molecule has 0 aliphatic heterocycles. The summed E-state index contributed by atoms with van der Waals surface area (Å²) in [6, 6.07) is 3.47. The van der Waals surface area contributed by atoms with Crippen LogP contribution in [0.25, 0.3) is 0 Å². The summed E-state index contributed by atoms with van der Waals surface area (Å²) in [7, 11) is 0. The van der Waals surface area contributed by atoms with Crippen molar-refractivity contribution in [3.05, 3.63) is 21.9 Å². The Balaban J connectivity index is 2.93. The highest BCUT2D eigenvalue weighted by atomic mass is 35.6. The SMILES string of the molecule is Cc1ccc(C(=O)C(Cl)(Cl)Cl)s1. The molecule has 1 aromatic heterocycles. The summed E-state index contributed by atoms with van der Waals surface area (Å²) in [6.07, 6.45) is 0. The fourth-order valence-electron chi connectivity index (χ4n) is 0.696. The lowest BCUT2D eigenvalue weighted by atomic mass is 10.3. The number of ketones is 1. The molecular formula is C7H5Cl3OS. The molecule has 0 aliphatic rings. The lowest BCUT2D eigenvalue weighted by molar-refractivity contribution is 0.1000. The first kappa shape index (κ1) is 10.3. The molecular weight excluding hydrogens is 239 g/mol. The fraction of sp³-hybridized carbons (Fsp3) is 0.286. The maximum absolute atomic E-state index is 11.3. The summed E-state index contributed by atoms with van der Waals surface area (Å²) in [4.78, 5) is 12.8. The van der Waals surface area contributed by atoms with Crippen molar-refractivity contribution in [1.29, 1.82) is 0 Å². The van der Waals surface area contributed by atoms with Crippen LogP contribution in [-0.4, -0.2) is 9.58 Å². The van der Waals surface area contributed by atoms with E-state index in [-0.39, 0.29) is 0 Å². The van der Waals surface area contributed by atoms with Gasteiger partial charge in [-0.3, -0.25) is 4.79 Å². The second-order valence-electron chi connectivity index (χ2n) is 2.24. The summed E-state index contributed by atoms with van der Waals surface area (Å²) in [6.45, 7) is 1.89. The number of alkyl halides is 3. The van der Waals surface area contributed by atoms with Crippen LogP contribution in [0.3, 0.4) is 0 Å². The van der Waals surface area contributed by atoms with Crippen LogP contribution in [0.2, 0.25) is 0 Å². The van der Waals surface area contributed by atoms with E-state index in [4.69, 9.17) is 34.8 Å². The van der Waals surface area contributed by atoms with E-state index in [0.29, 0.717) is 4.88 Å². The molecule has 0 N–H and O–H groups in total. The summed E-state index contributed by atoms with van der Waals surface area (Å²) in [5, 5.41) is 0. The minimum absolute atomic E-state index is 0.467. The molecule has 0 saturated heterocycles. The van der Waals surface area contributed by atoms with Crippen LogP contribution in [0.4, 0.5) is 0 Å². The molecule has 0 atom stereocenters. The highest BCUT2D eigenvalue weighted by molar-refractivity contribution is 7.14. The van der Waals surface area contributed by atoms with Gasteiger partial charge in [-0.15, -0.1) is 11.3 Å². The Labute approximate surface area is 89.2 Å². The van der Waals surface area contributed by atoms with E-state index in [9.17, 15) is 4.79 Å². The van der Waals surface area contributed by atoms with Crippen LogP contribution in [0.15, 0.2) is 12.1 Å². The Kier molecular flexibility index (Phi) is 3.05. The van der Waals surface area contributed by atoms with Crippen LogP contribution >= 0.6 is 46.1 Å². The zero-order valence-electron chi connectivity index (χ0n) is 6.11. The predicted molar refractivity (Wildman–Crippen MR) is 53.7 cm³/mol. The number of Topliss-reactive ketones (excluding diaryl/α,β-unsaturated/α-hetero) is 1. The van der Waals surface area contributed by atoms with E-state index in [1.807, 2.05) is 13.0 Å². The second-order valence-corrected chi connectivity index (χ2v) is 5.81. The van der Waals surface area contributed by atoms with Gasteiger partial charge in [-0.1, -0.05) is 34.8 Å². The topological polar surface area (TPSA) is 17.1 Å². The standard InChI is InChI=1S/C7H5Cl3OS/c1-4-2-3-5(12-4)6(11)7(8,9)10/h2-3H,1H3. The molecule has 5 heteroatoms. The number of carbonyl (C=O) groups excluding carboxylic acids is 1. The average Bonchev–Trinajstić information content (AvgIpc) is 2.32. The molecule has 0 unspecified atom stereocenters. The Morgan fingerprint density at radius 1 is 1.42 bits per heavy atom. The molecule has 1 heterocycles. The van der Waals surface area contributed by atoms with Crippen LogP contribution < -0.4 is 0 Å². The molecule has 0 saturated carbocycles. The summed E-state index contributed by atoms with van der Waals surface area (Å²) < 4.78 is -1.84. The van der Waals surface area contributed by atoms with Crippen molar-refractivity contribution in [3.8, 4) is 0 Å². The van der Waals surface area contributed by atoms with Gasteiger partial charge in [0.1, 0.15) is 0 Å². The highest BCUT2D eigenvalue weighted by Crippen LogP contribution is 2.32. The van der Waals surface area contributed by atoms with E-state index in [1.54, 1.807) is 6.07 Å². The molecule has 0 bridgehead atoms. The van der Waals surface area contributed by atoms with Crippen molar-refractivity contribution < 1.29 is 4.79 Å². The molecule has 0 spiro atoms. The predicted octanol–water partition coefficient (Wildman–Crippen LogP) is 3.61. The van der Waals surface area contributed by atoms with Gasteiger partial charge in [-0.25, -0.2) is 0 Å². The van der Waals surface area contributed by atoms with Crippen molar-refractivity contribution in [3.63, 3.8) is 0 Å². The quantitative estimate of drug-likeness (QED) is 0.544. The number of thiophene rings is 1. The van der Waals surface area contributed by atoms with E-state index in [1.165, 1.54) is 11.3 Å². The largest absolute Gasteiger partial charge is 0.288 e. The molecule has 0 aromatic carbocycles. The minimum atomic E-state index is -1.84. The molecule has 0 fully saturated rings. The normalized spacial score (nSPS) is 11.7. The van der Waals surface area contributed by atoms with Crippen LogP contribution in [0.1, 0.15) is 14.5 Å². The van der Waals surface area contributed by atoms with Crippen molar-refractivity contribution in [2.75, 3.05) is 0 Å². The molecule has 66 valence electrons. The van der Waals surface area contributed by atoms with Gasteiger partial charge in [0.2, 0.25) is 5.78 Å². The molecule has 12 heavy (non-hydrogen) atoms. The third-order valence-electron chi connectivity index (χ3n) is 1.22. The minimum Gasteiger partial charge on any atom is -0.288 e. The van der Waals surface area contributed by atoms with Gasteiger partial charge < -0.3 is 0 Å². The lowest BCUT2D eigenvalue weighted by Crippen LogP contribution is -2.17. The zero-order valence-corrected chi connectivity index (χ0v) is 9.19. The number of carbonyl (C=O) groups is 1. The lowest BCUT2D eigenvalue weighted by Gasteiger charge is -2.06. The first-order chi connectivity index (χ1) is 5.41. The molecule has 1 nitrogen and oxygen atoms in total. The number of rotatable bonds is 1. The Bertz CT molecular complexity index is 300. The third kappa shape index (κ3) is 2.36. The number of aryl methyl sites for hydroxylation is 1. The van der Waals surface area contributed by atoms with Crippen molar-refractivity contribution >= 4 is 51.9 Å². The first-order valence-corrected chi connectivity index (χ1v) is 5.04. The van der Waals surface area contributed by atoms with Gasteiger partial charge in [0, 0.05) is 4.88 Å². The average molecular weight is 244 g/mol. The van der Waals surface area contributed by atoms with E-state index < -0.39 is 9.58 Å². The molecule has 0 amide bonds. The van der Waals surface area contributed by atoms with E-state index in [0.717, 1.165) is 4.88 Å². The van der Waals surface area contributed by atoms with Crippen LogP contribution in [0, 0.1) is 6.92 Å². The third-order valence-corrected chi connectivity index (χ3v) is 2.74. The smallest absolute Gasteiger partial charge is 0.254 e. The summed E-state index contributed by atoms with van der Waals surface area (Å²) in [5.41, 5.74) is 0. The molecule has 1 aromatic rings. The van der Waals surface area contributed by atoms with Crippen LogP contribution in [0.5, 0.6) is 0 Å². The Morgan fingerprint density at radius 3 is 2.33 bits per heavy atom. The summed E-state index contributed by atoms with van der Waals surface area (Å²) in [5.74, 6) is -0.467. The molecule has 0 radical (unpaired) electrons. The van der Waals surface area contributed by atoms with Crippen LogP contribution in [-0.2, 0) is 0 Å². The van der Waals surface area contributed by atoms with Crippen molar-refractivity contribution in [1.82, 2.24) is 0 Å². The Morgan fingerprint density at radius 2 is 2.00 bits per heavy atom. The fourth-order valence-corrected chi connectivity index (χ4v) is 2.03. The van der Waals surface area contributed by atoms with Gasteiger partial charge >= 0.3 is 0 Å². The molecule has 1 rings (SSSR count). The number of halogens is 3. The molecule has 0 aliphatic carbocycles. The van der Waals surface area contributed by atoms with E-state index in [2.05, 4.69) is 0 Å². The van der Waals surface area contributed by atoms with Gasteiger partial charge in [-0.2, -0.15) is 0 Å². The van der Waals surface area contributed by atoms with Gasteiger partial charge in [0.15, 0.2) is 0 Å². The van der Waals surface area contributed by atoms with E-state index >= 15 is 0 Å². The second kappa shape index (κ2) is 3.54.